The van der Waals surface area contributed by atoms with Gasteiger partial charge in [0.1, 0.15) is 0 Å². The van der Waals surface area contributed by atoms with Gasteiger partial charge in [-0.1, -0.05) is 6.92 Å². The van der Waals surface area contributed by atoms with Crippen LogP contribution in [0, 0.1) is 13.8 Å². The summed E-state index contributed by atoms with van der Waals surface area (Å²) in [5.41, 5.74) is 1.06. The van der Waals surface area contributed by atoms with Crippen molar-refractivity contribution >= 4 is 17.3 Å². The van der Waals surface area contributed by atoms with Gasteiger partial charge in [0.25, 0.3) is 0 Å². The molecule has 0 radical (unpaired) electrons. The maximum absolute atomic E-state index is 11.0. The summed E-state index contributed by atoms with van der Waals surface area (Å²) in [6.45, 7) is 6.02. The largest absolute Gasteiger partial charge is 0.469 e. The first kappa shape index (κ1) is 11.2. The summed E-state index contributed by atoms with van der Waals surface area (Å²) >= 11 is 1.66. The molecule has 0 spiro atoms. The molecule has 0 aliphatic carbocycles. The number of methoxy groups -OCH3 is 1. The van der Waals surface area contributed by atoms with E-state index in [1.165, 1.54) is 12.0 Å². The minimum atomic E-state index is -0.178. The fraction of sp³-hybridized carbons (Fsp3) is 0.600. The fourth-order valence-corrected chi connectivity index (χ4v) is 2.10. The Kier molecular flexibility index (Phi) is 3.63. The molecule has 14 heavy (non-hydrogen) atoms. The Morgan fingerprint density at radius 2 is 2.21 bits per heavy atom. The summed E-state index contributed by atoms with van der Waals surface area (Å²) in [6.07, 6.45) is 0.406. The third-order valence-electron chi connectivity index (χ3n) is 2.17. The van der Waals surface area contributed by atoms with Crippen LogP contribution in [-0.4, -0.2) is 18.1 Å². The zero-order chi connectivity index (χ0) is 10.7. The van der Waals surface area contributed by atoms with E-state index in [1.54, 1.807) is 11.3 Å². The standard InChI is InChI=1S/C10H15NO2S/c1-6(5-9(12)13-4)10-11-7(2)8(3)14-10/h6H,5H2,1-4H3. The van der Waals surface area contributed by atoms with Crippen LogP contribution in [-0.2, 0) is 9.53 Å². The highest BCUT2D eigenvalue weighted by Crippen LogP contribution is 2.26. The predicted octanol–water partition coefficient (Wildman–Crippen LogP) is 2.43. The summed E-state index contributed by atoms with van der Waals surface area (Å²) in [7, 11) is 1.41. The van der Waals surface area contributed by atoms with E-state index in [0.717, 1.165) is 10.7 Å². The van der Waals surface area contributed by atoms with Gasteiger partial charge in [-0.05, 0) is 13.8 Å². The molecule has 1 heterocycles. The van der Waals surface area contributed by atoms with E-state index >= 15 is 0 Å². The average Bonchev–Trinajstić information content (AvgIpc) is 2.47. The number of rotatable bonds is 3. The van der Waals surface area contributed by atoms with Crippen molar-refractivity contribution < 1.29 is 9.53 Å². The molecule has 0 aromatic carbocycles. The molecule has 0 N–H and O–H groups in total. The van der Waals surface area contributed by atoms with E-state index in [1.807, 2.05) is 20.8 Å². The first-order valence-corrected chi connectivity index (χ1v) is 5.37. The predicted molar refractivity (Wildman–Crippen MR) is 56.6 cm³/mol. The minimum absolute atomic E-state index is 0.153. The number of thiazole rings is 1. The topological polar surface area (TPSA) is 39.2 Å². The van der Waals surface area contributed by atoms with Gasteiger partial charge in [0, 0.05) is 10.8 Å². The van der Waals surface area contributed by atoms with Gasteiger partial charge in [-0.15, -0.1) is 11.3 Å². The van der Waals surface area contributed by atoms with Crippen molar-refractivity contribution in [3.63, 3.8) is 0 Å². The van der Waals surface area contributed by atoms with Gasteiger partial charge in [-0.25, -0.2) is 4.98 Å². The number of aryl methyl sites for hydroxylation is 2. The minimum Gasteiger partial charge on any atom is -0.469 e. The Morgan fingerprint density at radius 3 is 2.64 bits per heavy atom. The van der Waals surface area contributed by atoms with Crippen LogP contribution >= 0.6 is 11.3 Å². The average molecular weight is 213 g/mol. The molecule has 0 saturated heterocycles. The number of aromatic nitrogens is 1. The highest BCUT2D eigenvalue weighted by atomic mass is 32.1. The third-order valence-corrected chi connectivity index (χ3v) is 3.47. The number of hydrogen-bond donors (Lipinski definition) is 0. The van der Waals surface area contributed by atoms with Crippen molar-refractivity contribution in [2.45, 2.75) is 33.1 Å². The van der Waals surface area contributed by atoms with E-state index in [2.05, 4.69) is 9.72 Å². The van der Waals surface area contributed by atoms with Crippen LogP contribution in [0.4, 0.5) is 0 Å². The highest BCUT2D eigenvalue weighted by Gasteiger charge is 2.15. The molecule has 0 saturated carbocycles. The summed E-state index contributed by atoms with van der Waals surface area (Å²) < 4.78 is 4.62. The maximum Gasteiger partial charge on any atom is 0.306 e. The molecule has 1 atom stereocenters. The molecule has 1 rings (SSSR count). The van der Waals surface area contributed by atoms with Crippen LogP contribution in [0.25, 0.3) is 0 Å². The van der Waals surface area contributed by atoms with Crippen molar-refractivity contribution in [3.05, 3.63) is 15.6 Å². The van der Waals surface area contributed by atoms with Crippen molar-refractivity contribution in [1.82, 2.24) is 4.98 Å². The number of carbonyl (C=O) groups excluding carboxylic acids is 1. The van der Waals surface area contributed by atoms with E-state index in [4.69, 9.17) is 0 Å². The van der Waals surface area contributed by atoms with Crippen LogP contribution in [0.1, 0.15) is 34.8 Å². The molecule has 0 amide bonds. The lowest BCUT2D eigenvalue weighted by Crippen LogP contribution is -2.05. The second-order valence-corrected chi connectivity index (χ2v) is 4.61. The number of ether oxygens (including phenoxy) is 1. The lowest BCUT2D eigenvalue weighted by Gasteiger charge is -2.05. The van der Waals surface area contributed by atoms with Gasteiger partial charge in [-0.3, -0.25) is 4.79 Å². The van der Waals surface area contributed by atoms with Gasteiger partial charge >= 0.3 is 5.97 Å². The fourth-order valence-electron chi connectivity index (χ4n) is 1.13. The molecule has 1 unspecified atom stereocenters. The number of hydrogen-bond acceptors (Lipinski definition) is 4. The van der Waals surface area contributed by atoms with Gasteiger partial charge < -0.3 is 4.74 Å². The van der Waals surface area contributed by atoms with Crippen molar-refractivity contribution in [2.75, 3.05) is 7.11 Å². The summed E-state index contributed by atoms with van der Waals surface area (Å²) in [4.78, 5) is 16.7. The SMILES string of the molecule is COC(=O)CC(C)c1nc(C)c(C)s1. The van der Waals surface area contributed by atoms with Crippen molar-refractivity contribution in [3.8, 4) is 0 Å². The Bertz CT molecular complexity index is 313. The Hall–Kier alpha value is -0.900. The van der Waals surface area contributed by atoms with Gasteiger partial charge in [0.2, 0.25) is 0 Å². The monoisotopic (exact) mass is 213 g/mol. The zero-order valence-electron chi connectivity index (χ0n) is 8.96. The van der Waals surface area contributed by atoms with Gasteiger partial charge in [0.15, 0.2) is 0 Å². The lowest BCUT2D eigenvalue weighted by atomic mass is 10.1. The molecule has 1 aromatic heterocycles. The van der Waals surface area contributed by atoms with E-state index in [-0.39, 0.29) is 11.9 Å². The van der Waals surface area contributed by atoms with Gasteiger partial charge in [-0.2, -0.15) is 0 Å². The number of esters is 1. The second-order valence-electron chi connectivity index (χ2n) is 3.38. The molecule has 0 fully saturated rings. The smallest absolute Gasteiger partial charge is 0.306 e. The maximum atomic E-state index is 11.0. The third kappa shape index (κ3) is 2.54. The van der Waals surface area contributed by atoms with Gasteiger partial charge in [0.05, 0.1) is 24.2 Å². The van der Waals surface area contributed by atoms with E-state index < -0.39 is 0 Å². The van der Waals surface area contributed by atoms with Crippen LogP contribution in [0.2, 0.25) is 0 Å². The molecule has 4 heteroatoms. The first-order valence-electron chi connectivity index (χ1n) is 4.55. The number of carbonyl (C=O) groups is 1. The molecule has 78 valence electrons. The molecule has 0 aliphatic rings. The summed E-state index contributed by atoms with van der Waals surface area (Å²) in [6, 6.07) is 0. The number of nitrogens with zero attached hydrogens (tertiary/aromatic N) is 1. The summed E-state index contributed by atoms with van der Waals surface area (Å²) in [5.74, 6) is -0.0251. The van der Waals surface area contributed by atoms with Crippen LogP contribution < -0.4 is 0 Å². The molecule has 1 aromatic rings. The second kappa shape index (κ2) is 4.55. The molecule has 0 aliphatic heterocycles. The van der Waals surface area contributed by atoms with E-state index in [9.17, 15) is 4.79 Å². The van der Waals surface area contributed by atoms with Crippen molar-refractivity contribution in [2.24, 2.45) is 0 Å². The van der Waals surface area contributed by atoms with Crippen LogP contribution in [0.5, 0.6) is 0 Å². The van der Waals surface area contributed by atoms with E-state index in [0.29, 0.717) is 6.42 Å². The normalized spacial score (nSPS) is 12.6. The molecule has 3 nitrogen and oxygen atoms in total. The lowest BCUT2D eigenvalue weighted by molar-refractivity contribution is -0.140. The molecule has 0 bridgehead atoms. The Balaban J connectivity index is 2.69. The van der Waals surface area contributed by atoms with Crippen molar-refractivity contribution in [1.29, 1.82) is 0 Å². The summed E-state index contributed by atoms with van der Waals surface area (Å²) in [5, 5.41) is 1.02. The first-order chi connectivity index (χ1) is 6.54. The zero-order valence-corrected chi connectivity index (χ0v) is 9.77. The van der Waals surface area contributed by atoms with Crippen LogP contribution in [0.15, 0.2) is 0 Å². The van der Waals surface area contributed by atoms with Crippen LogP contribution in [0.3, 0.4) is 0 Å². The molecular weight excluding hydrogens is 198 g/mol. The highest BCUT2D eigenvalue weighted by molar-refractivity contribution is 7.11. The Morgan fingerprint density at radius 1 is 1.57 bits per heavy atom. The quantitative estimate of drug-likeness (QED) is 0.724. The molecular formula is C10H15NO2S. The Labute approximate surface area is 88.1 Å².